The van der Waals surface area contributed by atoms with E-state index in [0.717, 1.165) is 0 Å². The molecule has 0 heterocycles. The van der Waals surface area contributed by atoms with Crippen LogP contribution in [0.5, 0.6) is 0 Å². The molecule has 0 rings (SSSR count). The van der Waals surface area contributed by atoms with Gasteiger partial charge in [-0.3, -0.25) is 0 Å². The average molecular weight is 191 g/mol. The first-order valence-electron chi connectivity index (χ1n) is 4.25. The van der Waals surface area contributed by atoms with Crippen LogP contribution in [0.25, 0.3) is 0 Å². The van der Waals surface area contributed by atoms with Gasteiger partial charge in [-0.05, 0) is 17.9 Å². The van der Waals surface area contributed by atoms with E-state index in [-0.39, 0.29) is 0 Å². The van der Waals surface area contributed by atoms with E-state index in [1.807, 2.05) is 41.0 Å². The van der Waals surface area contributed by atoms with Gasteiger partial charge in [0, 0.05) is 7.05 Å². The Bertz CT molecular complexity index is 45.8. The lowest BCUT2D eigenvalue weighted by molar-refractivity contribution is 1.11. The molecule has 2 heteroatoms. The topological polar surface area (TPSA) is 12.0 Å². The molecule has 0 fully saturated rings. The lowest BCUT2D eigenvalue weighted by atomic mass is 11.0. The normalized spacial score (nSPS) is 4.83. The zero-order valence-corrected chi connectivity index (χ0v) is 10.3. The molecule has 0 aliphatic heterocycles. The summed E-state index contributed by atoms with van der Waals surface area (Å²) in [5.74, 6) is 0. The molecule has 0 spiro atoms. The molecule has 0 saturated carbocycles. The summed E-state index contributed by atoms with van der Waals surface area (Å²) in [6.07, 6.45) is 3.60. The van der Waals surface area contributed by atoms with Gasteiger partial charge in [0.2, 0.25) is 0 Å². The van der Waals surface area contributed by atoms with Crippen molar-refractivity contribution in [1.82, 2.24) is 5.32 Å². The Labute approximate surface area is 83.3 Å². The van der Waals surface area contributed by atoms with Crippen molar-refractivity contribution in [2.45, 2.75) is 27.7 Å². The van der Waals surface area contributed by atoms with Crippen LogP contribution in [0.15, 0.2) is 24.8 Å². The van der Waals surface area contributed by atoms with Crippen molar-refractivity contribution in [3.63, 3.8) is 0 Å². The summed E-state index contributed by atoms with van der Waals surface area (Å²) in [6, 6.07) is 0. The Balaban J connectivity index is -0.0000000380. The predicted molar refractivity (Wildman–Crippen MR) is 65.7 cm³/mol. The summed E-state index contributed by atoms with van der Waals surface area (Å²) in [5, 5.41) is 4.49. The zero-order chi connectivity index (χ0) is 10.8. The molecule has 0 atom stereocenters. The van der Waals surface area contributed by atoms with Gasteiger partial charge in [0.05, 0.1) is 0 Å². The van der Waals surface area contributed by atoms with Gasteiger partial charge in [0.1, 0.15) is 0 Å². The average Bonchev–Trinajstić information content (AvgIpc) is 2.23. The highest BCUT2D eigenvalue weighted by Gasteiger charge is 1.43. The van der Waals surface area contributed by atoms with Gasteiger partial charge in [-0.1, -0.05) is 40.9 Å². The van der Waals surface area contributed by atoms with E-state index in [1.165, 1.54) is 0 Å². The highest BCUT2D eigenvalue weighted by molar-refractivity contribution is 8.01. The summed E-state index contributed by atoms with van der Waals surface area (Å²) in [4.78, 5) is 0. The fraction of sp³-hybridized carbons (Fsp3) is 0.600. The molecule has 0 aromatic rings. The van der Waals surface area contributed by atoms with E-state index >= 15 is 0 Å². The first-order chi connectivity index (χ1) is 5.83. The van der Waals surface area contributed by atoms with Crippen molar-refractivity contribution in [2.24, 2.45) is 0 Å². The van der Waals surface area contributed by atoms with Gasteiger partial charge in [-0.25, -0.2) is 0 Å². The van der Waals surface area contributed by atoms with Gasteiger partial charge in [-0.15, -0.1) is 11.8 Å². The van der Waals surface area contributed by atoms with Crippen LogP contribution in [0.4, 0.5) is 0 Å². The van der Waals surface area contributed by atoms with Crippen LogP contribution in [0.3, 0.4) is 0 Å². The summed E-state index contributed by atoms with van der Waals surface area (Å²) in [5.41, 5.74) is 0. The Kier molecular flexibility index (Phi) is 141. The quantitative estimate of drug-likeness (QED) is 0.710. The van der Waals surface area contributed by atoms with E-state index in [9.17, 15) is 0 Å². The summed E-state index contributed by atoms with van der Waals surface area (Å²) in [7, 11) is 1.81. The van der Waals surface area contributed by atoms with Gasteiger partial charge in [0.15, 0.2) is 0 Å². The van der Waals surface area contributed by atoms with Crippen molar-refractivity contribution in [2.75, 3.05) is 13.3 Å². The third-order valence-electron chi connectivity index (χ3n) is 0.371. The van der Waals surface area contributed by atoms with E-state index in [0.29, 0.717) is 0 Å². The Hall–Kier alpha value is -0.370. The molecule has 76 valence electrons. The fourth-order valence-electron chi connectivity index (χ4n) is 0. The molecule has 0 amide bonds. The highest BCUT2D eigenvalue weighted by Crippen LogP contribution is 1.85. The molecule has 0 aliphatic carbocycles. The number of rotatable bonds is 2. The molecule has 0 radical (unpaired) electrons. The minimum atomic E-state index is 1.62. The first kappa shape index (κ1) is 22.6. The zero-order valence-electron chi connectivity index (χ0n) is 9.48. The maximum absolute atomic E-state index is 3.44. The van der Waals surface area contributed by atoms with Crippen molar-refractivity contribution >= 4 is 11.8 Å². The lowest BCUT2D eigenvalue weighted by Gasteiger charge is -1.70. The van der Waals surface area contributed by atoms with Crippen LogP contribution in [-0.2, 0) is 0 Å². The molecule has 12 heavy (non-hydrogen) atoms. The maximum Gasteiger partial charge on any atom is 0.00275 e. The molecule has 0 aromatic carbocycles. The Morgan fingerprint density at radius 2 is 1.25 bits per heavy atom. The van der Waals surface area contributed by atoms with E-state index in [2.05, 4.69) is 18.5 Å². The first-order valence-corrected chi connectivity index (χ1v) is 5.54. The minimum absolute atomic E-state index is 1.62. The lowest BCUT2D eigenvalue weighted by Crippen LogP contribution is -1.87. The standard InChI is InChI=1S/C3H7N.C3H6S.2C2H6/c2*1-3-4-2;2*1-2/h3-4H,1H2,2H3;3H,1H2,2H3;2*1-2H3. The largest absolute Gasteiger partial charge is 0.394 e. The maximum atomic E-state index is 3.44. The van der Waals surface area contributed by atoms with Crippen LogP contribution in [-0.4, -0.2) is 13.3 Å². The molecule has 1 nitrogen and oxygen atoms in total. The fourth-order valence-corrected chi connectivity index (χ4v) is 0. The third kappa shape index (κ3) is 270. The molecular formula is C10H25NS. The molecule has 0 unspecified atom stereocenters. The Morgan fingerprint density at radius 3 is 1.25 bits per heavy atom. The smallest absolute Gasteiger partial charge is 0.00275 e. The highest BCUT2D eigenvalue weighted by atomic mass is 32.2. The van der Waals surface area contributed by atoms with Gasteiger partial charge >= 0.3 is 0 Å². The van der Waals surface area contributed by atoms with Crippen molar-refractivity contribution < 1.29 is 0 Å². The van der Waals surface area contributed by atoms with Gasteiger partial charge in [-0.2, -0.15) is 0 Å². The third-order valence-corrected chi connectivity index (χ3v) is 0.704. The van der Waals surface area contributed by atoms with Crippen molar-refractivity contribution in [1.29, 1.82) is 0 Å². The number of hydrogen-bond acceptors (Lipinski definition) is 2. The predicted octanol–water partition coefficient (Wildman–Crippen LogP) is 3.89. The summed E-state index contributed by atoms with van der Waals surface area (Å²) >= 11 is 1.62. The molecule has 0 aromatic heterocycles. The minimum Gasteiger partial charge on any atom is -0.394 e. The van der Waals surface area contributed by atoms with E-state index in [4.69, 9.17) is 0 Å². The van der Waals surface area contributed by atoms with Crippen LogP contribution < -0.4 is 5.32 Å². The van der Waals surface area contributed by atoms with Gasteiger partial charge < -0.3 is 5.32 Å². The summed E-state index contributed by atoms with van der Waals surface area (Å²) in [6.45, 7) is 14.8. The second-order valence-electron chi connectivity index (χ2n) is 0.895. The molecule has 0 saturated heterocycles. The van der Waals surface area contributed by atoms with Crippen LogP contribution in [0.1, 0.15) is 27.7 Å². The monoisotopic (exact) mass is 191 g/mol. The van der Waals surface area contributed by atoms with Crippen molar-refractivity contribution in [3.05, 3.63) is 24.8 Å². The molecule has 0 aliphatic rings. The Morgan fingerprint density at radius 1 is 1.08 bits per heavy atom. The SMILES string of the molecule is C=CNC.C=CSC.CC.CC. The van der Waals surface area contributed by atoms with Crippen LogP contribution in [0, 0.1) is 0 Å². The number of nitrogens with one attached hydrogen (secondary N) is 1. The van der Waals surface area contributed by atoms with Gasteiger partial charge in [0.25, 0.3) is 0 Å². The molecule has 1 N–H and O–H groups in total. The van der Waals surface area contributed by atoms with Crippen LogP contribution in [0.2, 0.25) is 0 Å². The molecular weight excluding hydrogens is 166 g/mol. The van der Waals surface area contributed by atoms with E-state index in [1.54, 1.807) is 23.4 Å². The van der Waals surface area contributed by atoms with Crippen molar-refractivity contribution in [3.8, 4) is 0 Å². The second-order valence-corrected chi connectivity index (χ2v) is 1.70. The second kappa shape index (κ2) is 74.8. The van der Waals surface area contributed by atoms with Crippen LogP contribution >= 0.6 is 11.8 Å². The molecule has 0 bridgehead atoms. The number of hydrogen-bond donors (Lipinski definition) is 1. The number of thioether (sulfide) groups is 1. The summed E-state index contributed by atoms with van der Waals surface area (Å²) < 4.78 is 0. The van der Waals surface area contributed by atoms with E-state index < -0.39 is 0 Å².